The molecule has 0 saturated heterocycles. The SMILES string of the molecule is Nc1nnc(-c2cccc3ccsc23)c2ccccc12. The van der Waals surface area contributed by atoms with E-state index in [1.807, 2.05) is 24.3 Å². The van der Waals surface area contributed by atoms with Crippen molar-refractivity contribution in [2.24, 2.45) is 0 Å². The molecule has 20 heavy (non-hydrogen) atoms. The molecule has 2 aromatic heterocycles. The molecule has 2 heterocycles. The molecule has 96 valence electrons. The van der Waals surface area contributed by atoms with Gasteiger partial charge in [0.2, 0.25) is 0 Å². The lowest BCUT2D eigenvalue weighted by atomic mass is 10.0. The molecule has 0 aliphatic heterocycles. The summed E-state index contributed by atoms with van der Waals surface area (Å²) in [6.07, 6.45) is 0. The summed E-state index contributed by atoms with van der Waals surface area (Å²) in [5, 5.41) is 13.8. The van der Waals surface area contributed by atoms with E-state index in [1.54, 1.807) is 11.3 Å². The third-order valence-electron chi connectivity index (χ3n) is 3.45. The molecule has 0 aliphatic rings. The lowest BCUT2D eigenvalue weighted by Gasteiger charge is -2.07. The number of hydrogen-bond donors (Lipinski definition) is 1. The molecule has 4 rings (SSSR count). The van der Waals surface area contributed by atoms with Crippen LogP contribution in [-0.2, 0) is 0 Å². The minimum absolute atomic E-state index is 0.475. The highest BCUT2D eigenvalue weighted by Crippen LogP contribution is 2.35. The highest BCUT2D eigenvalue weighted by molar-refractivity contribution is 7.17. The maximum absolute atomic E-state index is 5.92. The minimum atomic E-state index is 0.475. The number of hydrogen-bond acceptors (Lipinski definition) is 4. The standard InChI is InChI=1S/C16H11N3S/c17-16-12-6-2-1-5-11(12)14(18-19-16)13-7-3-4-10-8-9-20-15(10)13/h1-9H,(H2,17,19). The first-order valence-electron chi connectivity index (χ1n) is 6.32. The van der Waals surface area contributed by atoms with E-state index >= 15 is 0 Å². The Labute approximate surface area is 119 Å². The topological polar surface area (TPSA) is 51.8 Å². The van der Waals surface area contributed by atoms with Crippen molar-refractivity contribution in [1.82, 2.24) is 10.2 Å². The zero-order valence-electron chi connectivity index (χ0n) is 10.6. The van der Waals surface area contributed by atoms with Crippen LogP contribution in [0.5, 0.6) is 0 Å². The first kappa shape index (κ1) is 11.4. The molecule has 0 fully saturated rings. The second kappa shape index (κ2) is 4.28. The second-order valence-electron chi connectivity index (χ2n) is 4.62. The Bertz CT molecular complexity index is 927. The zero-order valence-corrected chi connectivity index (χ0v) is 11.4. The minimum Gasteiger partial charge on any atom is -0.382 e. The molecule has 0 saturated carbocycles. The van der Waals surface area contributed by atoms with Gasteiger partial charge in [-0.15, -0.1) is 21.5 Å². The molecule has 0 aliphatic carbocycles. The average molecular weight is 277 g/mol. The van der Waals surface area contributed by atoms with Crippen LogP contribution < -0.4 is 5.73 Å². The third kappa shape index (κ3) is 1.58. The lowest BCUT2D eigenvalue weighted by Crippen LogP contribution is -1.97. The van der Waals surface area contributed by atoms with Crippen LogP contribution in [0.25, 0.3) is 32.1 Å². The van der Waals surface area contributed by atoms with E-state index in [4.69, 9.17) is 5.73 Å². The van der Waals surface area contributed by atoms with Gasteiger partial charge < -0.3 is 5.73 Å². The number of rotatable bonds is 1. The third-order valence-corrected chi connectivity index (χ3v) is 4.41. The molecule has 2 N–H and O–H groups in total. The number of nitrogen functional groups attached to an aromatic ring is 1. The summed E-state index contributed by atoms with van der Waals surface area (Å²) in [7, 11) is 0. The average Bonchev–Trinajstić information content (AvgIpc) is 2.97. The number of thiophene rings is 1. The molecule has 4 heteroatoms. The van der Waals surface area contributed by atoms with Gasteiger partial charge in [0.1, 0.15) is 5.69 Å². The second-order valence-corrected chi connectivity index (χ2v) is 5.54. The Morgan fingerprint density at radius 3 is 2.60 bits per heavy atom. The molecule has 0 radical (unpaired) electrons. The maximum atomic E-state index is 5.92. The van der Waals surface area contributed by atoms with Crippen LogP contribution in [-0.4, -0.2) is 10.2 Å². The Kier molecular flexibility index (Phi) is 2.44. The summed E-state index contributed by atoms with van der Waals surface area (Å²) < 4.78 is 1.23. The number of nitrogens with zero attached hydrogens (tertiary/aromatic N) is 2. The van der Waals surface area contributed by atoms with Gasteiger partial charge in [-0.1, -0.05) is 42.5 Å². The molecule has 0 atom stereocenters. The first-order valence-corrected chi connectivity index (χ1v) is 7.20. The van der Waals surface area contributed by atoms with Crippen LogP contribution in [0.1, 0.15) is 0 Å². The molecular formula is C16H11N3S. The van der Waals surface area contributed by atoms with Crippen molar-refractivity contribution in [1.29, 1.82) is 0 Å². The molecule has 3 nitrogen and oxygen atoms in total. The Morgan fingerprint density at radius 2 is 1.70 bits per heavy atom. The molecule has 0 bridgehead atoms. The fourth-order valence-electron chi connectivity index (χ4n) is 2.50. The predicted octanol–water partition coefficient (Wildman–Crippen LogP) is 4.09. The van der Waals surface area contributed by atoms with Gasteiger partial charge in [0.25, 0.3) is 0 Å². The number of aromatic nitrogens is 2. The number of fused-ring (bicyclic) bond motifs is 2. The van der Waals surface area contributed by atoms with E-state index < -0.39 is 0 Å². The van der Waals surface area contributed by atoms with Crippen molar-refractivity contribution in [2.75, 3.05) is 5.73 Å². The van der Waals surface area contributed by atoms with Gasteiger partial charge in [0.15, 0.2) is 5.82 Å². The van der Waals surface area contributed by atoms with Gasteiger partial charge in [0, 0.05) is 21.0 Å². The highest BCUT2D eigenvalue weighted by Gasteiger charge is 2.12. The van der Waals surface area contributed by atoms with E-state index in [0.29, 0.717) is 5.82 Å². The molecule has 0 spiro atoms. The van der Waals surface area contributed by atoms with E-state index in [-0.39, 0.29) is 0 Å². The molecule has 2 aromatic carbocycles. The van der Waals surface area contributed by atoms with E-state index in [9.17, 15) is 0 Å². The normalized spacial score (nSPS) is 11.2. The summed E-state index contributed by atoms with van der Waals surface area (Å²) in [4.78, 5) is 0. The van der Waals surface area contributed by atoms with Crippen LogP contribution in [0.3, 0.4) is 0 Å². The van der Waals surface area contributed by atoms with Gasteiger partial charge in [-0.05, 0) is 16.8 Å². The van der Waals surface area contributed by atoms with Crippen LogP contribution in [0.2, 0.25) is 0 Å². The fraction of sp³-hybridized carbons (Fsp3) is 0. The summed E-state index contributed by atoms with van der Waals surface area (Å²) >= 11 is 1.72. The Morgan fingerprint density at radius 1 is 0.850 bits per heavy atom. The Balaban J connectivity index is 2.13. The monoisotopic (exact) mass is 277 g/mol. The van der Waals surface area contributed by atoms with Crippen molar-refractivity contribution < 1.29 is 0 Å². The van der Waals surface area contributed by atoms with Crippen LogP contribution in [0.15, 0.2) is 53.9 Å². The largest absolute Gasteiger partial charge is 0.382 e. The zero-order chi connectivity index (χ0) is 13.5. The van der Waals surface area contributed by atoms with Crippen molar-refractivity contribution in [3.8, 4) is 11.3 Å². The van der Waals surface area contributed by atoms with Crippen LogP contribution >= 0.6 is 11.3 Å². The molecule has 4 aromatic rings. The van der Waals surface area contributed by atoms with E-state index in [1.165, 1.54) is 10.1 Å². The summed E-state index contributed by atoms with van der Waals surface area (Å²) in [5.41, 5.74) is 7.93. The number of nitrogens with two attached hydrogens (primary N) is 1. The van der Waals surface area contributed by atoms with E-state index in [2.05, 4.69) is 39.8 Å². The van der Waals surface area contributed by atoms with Crippen molar-refractivity contribution in [3.63, 3.8) is 0 Å². The summed E-state index contributed by atoms with van der Waals surface area (Å²) in [6.45, 7) is 0. The summed E-state index contributed by atoms with van der Waals surface area (Å²) in [5.74, 6) is 0.475. The van der Waals surface area contributed by atoms with Crippen molar-refractivity contribution >= 4 is 38.0 Å². The molecule has 0 amide bonds. The Hall–Kier alpha value is -2.46. The summed E-state index contributed by atoms with van der Waals surface area (Å²) in [6, 6.07) is 16.4. The van der Waals surface area contributed by atoms with E-state index in [0.717, 1.165) is 22.0 Å². The molecule has 0 unspecified atom stereocenters. The molecular weight excluding hydrogens is 266 g/mol. The van der Waals surface area contributed by atoms with Gasteiger partial charge in [0.05, 0.1) is 0 Å². The van der Waals surface area contributed by atoms with Gasteiger partial charge in [-0.25, -0.2) is 0 Å². The number of anilines is 1. The predicted molar refractivity (Wildman–Crippen MR) is 84.8 cm³/mol. The lowest BCUT2D eigenvalue weighted by molar-refractivity contribution is 1.07. The maximum Gasteiger partial charge on any atom is 0.154 e. The van der Waals surface area contributed by atoms with Crippen LogP contribution in [0, 0.1) is 0 Å². The van der Waals surface area contributed by atoms with Gasteiger partial charge in [-0.2, -0.15) is 0 Å². The van der Waals surface area contributed by atoms with Gasteiger partial charge in [-0.3, -0.25) is 0 Å². The van der Waals surface area contributed by atoms with Crippen molar-refractivity contribution in [2.45, 2.75) is 0 Å². The highest BCUT2D eigenvalue weighted by atomic mass is 32.1. The van der Waals surface area contributed by atoms with Crippen LogP contribution in [0.4, 0.5) is 5.82 Å². The smallest absolute Gasteiger partial charge is 0.154 e. The van der Waals surface area contributed by atoms with Gasteiger partial charge >= 0.3 is 0 Å². The quantitative estimate of drug-likeness (QED) is 0.570. The first-order chi connectivity index (χ1) is 9.84. The van der Waals surface area contributed by atoms with Crippen molar-refractivity contribution in [3.05, 3.63) is 53.9 Å². The fourth-order valence-corrected chi connectivity index (χ4v) is 3.42. The number of benzene rings is 2.